The molecule has 0 aliphatic carbocycles. The first-order valence-corrected chi connectivity index (χ1v) is 9.36. The molecule has 0 fully saturated rings. The van der Waals surface area contributed by atoms with Crippen LogP contribution in [-0.2, 0) is 6.54 Å². The summed E-state index contributed by atoms with van der Waals surface area (Å²) in [7, 11) is 1.93. The molecule has 3 aromatic rings. The van der Waals surface area contributed by atoms with E-state index in [0.29, 0.717) is 40.4 Å². The molecular formula is C21H19ClF2N4. The summed E-state index contributed by atoms with van der Waals surface area (Å²) >= 11 is 5.91. The normalized spacial score (nSPS) is 17.2. The Hall–Kier alpha value is -2.57. The quantitative estimate of drug-likeness (QED) is 0.681. The summed E-state index contributed by atoms with van der Waals surface area (Å²) in [6.07, 6.45) is 0.683. The third-order valence-corrected chi connectivity index (χ3v) is 5.42. The molecule has 0 amide bonds. The first kappa shape index (κ1) is 18.8. The molecule has 2 aromatic carbocycles. The molecule has 1 aromatic heterocycles. The fourth-order valence-electron chi connectivity index (χ4n) is 3.77. The number of hydrogen-bond donors (Lipinski definition) is 1. The van der Waals surface area contributed by atoms with E-state index in [1.165, 1.54) is 6.07 Å². The minimum atomic E-state index is -0.373. The Kier molecular flexibility index (Phi) is 5.00. The lowest BCUT2D eigenvalue weighted by atomic mass is 9.85. The van der Waals surface area contributed by atoms with Gasteiger partial charge in [-0.05, 0) is 61.5 Å². The summed E-state index contributed by atoms with van der Waals surface area (Å²) in [5.74, 6) is -0.707. The summed E-state index contributed by atoms with van der Waals surface area (Å²) < 4.78 is 30.1. The van der Waals surface area contributed by atoms with Crippen LogP contribution in [0, 0.1) is 11.6 Å². The van der Waals surface area contributed by atoms with Gasteiger partial charge in [-0.15, -0.1) is 10.2 Å². The fraction of sp³-hybridized carbons (Fsp3) is 0.238. The first-order chi connectivity index (χ1) is 13.4. The number of aromatic nitrogens is 2. The molecule has 2 heterocycles. The van der Waals surface area contributed by atoms with Crippen LogP contribution in [0.4, 0.5) is 14.6 Å². The average molecular weight is 401 g/mol. The van der Waals surface area contributed by atoms with E-state index in [4.69, 9.17) is 17.3 Å². The van der Waals surface area contributed by atoms with Crippen molar-refractivity contribution in [3.8, 4) is 11.3 Å². The SMILES string of the molecule is CN1CCC(c2ccc(Cl)cc2F)c2ccc(-c3ccc(N)nn3)c(F)c2C1. The van der Waals surface area contributed by atoms with Crippen LogP contribution in [0.1, 0.15) is 29.0 Å². The van der Waals surface area contributed by atoms with Gasteiger partial charge < -0.3 is 10.6 Å². The predicted octanol–water partition coefficient (Wildman–Crippen LogP) is 4.62. The van der Waals surface area contributed by atoms with Gasteiger partial charge in [-0.3, -0.25) is 0 Å². The van der Waals surface area contributed by atoms with Crippen LogP contribution < -0.4 is 5.73 Å². The van der Waals surface area contributed by atoms with Crippen molar-refractivity contribution < 1.29 is 8.78 Å². The molecule has 1 atom stereocenters. The molecule has 28 heavy (non-hydrogen) atoms. The first-order valence-electron chi connectivity index (χ1n) is 8.98. The lowest BCUT2D eigenvalue weighted by Gasteiger charge is -2.20. The van der Waals surface area contributed by atoms with Crippen LogP contribution >= 0.6 is 11.6 Å². The topological polar surface area (TPSA) is 55.0 Å². The zero-order chi connectivity index (χ0) is 19.8. The van der Waals surface area contributed by atoms with Crippen molar-refractivity contribution in [1.82, 2.24) is 15.1 Å². The van der Waals surface area contributed by atoms with E-state index >= 15 is 4.39 Å². The second kappa shape index (κ2) is 7.45. The van der Waals surface area contributed by atoms with E-state index in [9.17, 15) is 4.39 Å². The molecule has 4 rings (SSSR count). The highest BCUT2D eigenvalue weighted by atomic mass is 35.5. The smallest absolute Gasteiger partial charge is 0.146 e. The third-order valence-electron chi connectivity index (χ3n) is 5.18. The van der Waals surface area contributed by atoms with Crippen LogP contribution in [0.15, 0.2) is 42.5 Å². The van der Waals surface area contributed by atoms with E-state index < -0.39 is 0 Å². The predicted molar refractivity (Wildman–Crippen MR) is 106 cm³/mol. The maximum Gasteiger partial charge on any atom is 0.146 e. The molecule has 1 aliphatic rings. The van der Waals surface area contributed by atoms with Crippen molar-refractivity contribution in [1.29, 1.82) is 0 Å². The van der Waals surface area contributed by atoms with Crippen molar-refractivity contribution in [3.63, 3.8) is 0 Å². The van der Waals surface area contributed by atoms with Crippen LogP contribution in [-0.4, -0.2) is 28.7 Å². The molecule has 144 valence electrons. The van der Waals surface area contributed by atoms with Gasteiger partial charge in [-0.25, -0.2) is 8.78 Å². The second-order valence-electron chi connectivity index (χ2n) is 7.08. The van der Waals surface area contributed by atoms with Gasteiger partial charge in [0.1, 0.15) is 17.5 Å². The number of nitrogens with two attached hydrogens (primary N) is 1. The maximum absolute atomic E-state index is 15.5. The molecule has 1 unspecified atom stereocenters. The van der Waals surface area contributed by atoms with Gasteiger partial charge in [0.05, 0.1) is 5.69 Å². The Morgan fingerprint density at radius 2 is 1.86 bits per heavy atom. The van der Waals surface area contributed by atoms with Gasteiger partial charge in [0.2, 0.25) is 0 Å². The van der Waals surface area contributed by atoms with E-state index in [1.807, 2.05) is 18.0 Å². The summed E-state index contributed by atoms with van der Waals surface area (Å²) in [6, 6.07) is 11.4. The number of nitrogens with zero attached hydrogens (tertiary/aromatic N) is 3. The highest BCUT2D eigenvalue weighted by Crippen LogP contribution is 2.38. The lowest BCUT2D eigenvalue weighted by Crippen LogP contribution is -2.18. The van der Waals surface area contributed by atoms with Crippen molar-refractivity contribution in [2.45, 2.75) is 18.9 Å². The molecule has 0 radical (unpaired) electrons. The minimum absolute atomic E-state index is 0.252. The number of rotatable bonds is 2. The summed E-state index contributed by atoms with van der Waals surface area (Å²) in [6.45, 7) is 1.15. The zero-order valence-electron chi connectivity index (χ0n) is 15.3. The highest BCUT2D eigenvalue weighted by Gasteiger charge is 2.28. The Morgan fingerprint density at radius 3 is 2.57 bits per heavy atom. The van der Waals surface area contributed by atoms with Crippen LogP contribution in [0.2, 0.25) is 5.02 Å². The molecule has 0 spiro atoms. The number of benzene rings is 2. The second-order valence-corrected chi connectivity index (χ2v) is 7.52. The van der Waals surface area contributed by atoms with E-state index in [-0.39, 0.29) is 23.4 Å². The van der Waals surface area contributed by atoms with E-state index in [2.05, 4.69) is 10.2 Å². The van der Waals surface area contributed by atoms with Crippen molar-refractivity contribution in [2.75, 3.05) is 19.3 Å². The summed E-state index contributed by atoms with van der Waals surface area (Å²) in [5, 5.41) is 8.15. The number of fused-ring (bicyclic) bond motifs is 1. The van der Waals surface area contributed by atoms with Crippen molar-refractivity contribution >= 4 is 17.4 Å². The molecule has 2 N–H and O–H groups in total. The molecule has 1 aliphatic heterocycles. The fourth-order valence-corrected chi connectivity index (χ4v) is 3.93. The van der Waals surface area contributed by atoms with Crippen LogP contribution in [0.3, 0.4) is 0 Å². The molecule has 7 heteroatoms. The number of nitrogen functional groups attached to an aromatic ring is 1. The summed E-state index contributed by atoms with van der Waals surface area (Å²) in [4.78, 5) is 2.04. The molecular weight excluding hydrogens is 382 g/mol. The standard InChI is InChI=1S/C21H19ClF2N4/c1-28-9-8-14(15-3-2-12(22)10-18(15)23)13-4-5-16(21(24)17(13)11-28)19-6-7-20(25)27-26-19/h2-7,10,14H,8-9,11H2,1H3,(H2,25,27). The third kappa shape index (κ3) is 3.45. The summed E-state index contributed by atoms with van der Waals surface area (Å²) in [5.41, 5.74) is 8.22. The average Bonchev–Trinajstić information content (AvgIpc) is 2.83. The van der Waals surface area contributed by atoms with Crippen molar-refractivity contribution in [3.05, 3.63) is 75.8 Å². The van der Waals surface area contributed by atoms with Crippen molar-refractivity contribution in [2.24, 2.45) is 0 Å². The van der Waals surface area contributed by atoms with Crippen LogP contribution in [0.25, 0.3) is 11.3 Å². The zero-order valence-corrected chi connectivity index (χ0v) is 16.0. The maximum atomic E-state index is 15.5. The van der Waals surface area contributed by atoms with Gasteiger partial charge in [-0.2, -0.15) is 0 Å². The van der Waals surface area contributed by atoms with Gasteiger partial charge in [0.25, 0.3) is 0 Å². The lowest BCUT2D eigenvalue weighted by molar-refractivity contribution is 0.323. The Labute approximate surface area is 167 Å². The van der Waals surface area contributed by atoms with Gasteiger partial charge in [0, 0.05) is 28.6 Å². The minimum Gasteiger partial charge on any atom is -0.382 e. The molecule has 0 saturated heterocycles. The number of anilines is 1. The molecule has 0 bridgehead atoms. The van der Waals surface area contributed by atoms with E-state index in [0.717, 1.165) is 12.1 Å². The number of hydrogen-bond acceptors (Lipinski definition) is 4. The van der Waals surface area contributed by atoms with E-state index in [1.54, 1.807) is 30.3 Å². The largest absolute Gasteiger partial charge is 0.382 e. The molecule has 4 nitrogen and oxygen atoms in total. The monoisotopic (exact) mass is 400 g/mol. The van der Waals surface area contributed by atoms with Gasteiger partial charge in [-0.1, -0.05) is 23.7 Å². The van der Waals surface area contributed by atoms with Crippen LogP contribution in [0.5, 0.6) is 0 Å². The van der Waals surface area contributed by atoms with Gasteiger partial charge in [0.15, 0.2) is 0 Å². The number of halogens is 3. The Bertz CT molecular complexity index is 1020. The Morgan fingerprint density at radius 1 is 1.07 bits per heavy atom. The highest BCUT2D eigenvalue weighted by molar-refractivity contribution is 6.30. The van der Waals surface area contributed by atoms with Gasteiger partial charge >= 0.3 is 0 Å². The Balaban J connectivity index is 1.85. The molecule has 0 saturated carbocycles.